The van der Waals surface area contributed by atoms with E-state index in [1.807, 2.05) is 17.8 Å². The van der Waals surface area contributed by atoms with Gasteiger partial charge in [0.25, 0.3) is 5.91 Å². The summed E-state index contributed by atoms with van der Waals surface area (Å²) < 4.78 is 30.3. The van der Waals surface area contributed by atoms with Gasteiger partial charge >= 0.3 is 6.09 Å². The van der Waals surface area contributed by atoms with Crippen LogP contribution in [0.4, 0.5) is 13.6 Å². The minimum Gasteiger partial charge on any atom is -0.448 e. The van der Waals surface area contributed by atoms with Gasteiger partial charge in [-0.2, -0.15) is 13.8 Å². The molecule has 0 aliphatic rings. The van der Waals surface area contributed by atoms with Crippen molar-refractivity contribution in [2.75, 3.05) is 6.61 Å². The molecule has 0 aliphatic carbocycles. The van der Waals surface area contributed by atoms with Crippen LogP contribution in [-0.4, -0.2) is 23.6 Å². The van der Waals surface area contributed by atoms with Gasteiger partial charge in [-0.3, -0.25) is 10.2 Å². The van der Waals surface area contributed by atoms with Gasteiger partial charge in [0.1, 0.15) is 0 Å². The molecule has 0 saturated carbocycles. The Morgan fingerprint density at radius 2 is 2.05 bits per heavy atom. The third-order valence-electron chi connectivity index (χ3n) is 2.07. The quantitative estimate of drug-likeness (QED) is 0.495. The van der Waals surface area contributed by atoms with Gasteiger partial charge in [0.05, 0.1) is 12.2 Å². The first-order valence-corrected chi connectivity index (χ1v) is 5.59. The molecule has 1 heterocycles. The molecule has 0 atom stereocenters. The summed E-state index contributed by atoms with van der Waals surface area (Å²) in [6.45, 7) is 2.14. The number of carbonyl (C=O) groups is 2. The van der Waals surface area contributed by atoms with Crippen molar-refractivity contribution in [1.82, 2.24) is 15.8 Å². The maximum absolute atomic E-state index is 13.1. The van der Waals surface area contributed by atoms with E-state index >= 15 is 0 Å². The summed E-state index contributed by atoms with van der Waals surface area (Å²) in [5.41, 5.74) is 3.36. The smallest absolute Gasteiger partial charge is 0.426 e. The molecule has 0 fully saturated rings. The van der Waals surface area contributed by atoms with E-state index in [-0.39, 0.29) is 6.61 Å². The summed E-state index contributed by atoms with van der Waals surface area (Å²) in [5.74, 6) is -3.27. The molecule has 2 N–H and O–H groups in total. The van der Waals surface area contributed by atoms with Crippen molar-refractivity contribution >= 4 is 12.0 Å². The third kappa shape index (κ3) is 4.86. The van der Waals surface area contributed by atoms with Gasteiger partial charge in [0.2, 0.25) is 11.9 Å². The summed E-state index contributed by atoms with van der Waals surface area (Å²) in [6, 6.07) is 1.74. The first-order valence-electron chi connectivity index (χ1n) is 5.59. The summed E-state index contributed by atoms with van der Waals surface area (Å²) in [4.78, 5) is 25.3. The zero-order valence-corrected chi connectivity index (χ0v) is 10.2. The van der Waals surface area contributed by atoms with Crippen LogP contribution in [0, 0.1) is 11.9 Å². The predicted molar refractivity (Wildman–Crippen MR) is 61.0 cm³/mol. The SMILES string of the molecule is CCCCOC(=O)NNC(=O)c1ccc(F)nc1F. The molecular weight excluding hydrogens is 260 g/mol. The number of hydrogen-bond donors (Lipinski definition) is 2. The average molecular weight is 273 g/mol. The van der Waals surface area contributed by atoms with Crippen molar-refractivity contribution in [3.63, 3.8) is 0 Å². The highest BCUT2D eigenvalue weighted by atomic mass is 19.1. The molecule has 0 aromatic carbocycles. The zero-order chi connectivity index (χ0) is 14.3. The highest BCUT2D eigenvalue weighted by molar-refractivity contribution is 5.94. The van der Waals surface area contributed by atoms with Crippen LogP contribution in [0.25, 0.3) is 0 Å². The fraction of sp³-hybridized carbons (Fsp3) is 0.364. The normalized spacial score (nSPS) is 9.84. The molecule has 0 spiro atoms. The molecule has 1 aromatic heterocycles. The van der Waals surface area contributed by atoms with Gasteiger partial charge in [-0.15, -0.1) is 0 Å². The molecule has 0 saturated heterocycles. The molecule has 1 rings (SSSR count). The summed E-state index contributed by atoms with van der Waals surface area (Å²) in [6.07, 6.45) is 0.682. The number of unbranched alkanes of at least 4 members (excludes halogenated alkanes) is 1. The van der Waals surface area contributed by atoms with E-state index in [0.717, 1.165) is 18.6 Å². The van der Waals surface area contributed by atoms with Crippen molar-refractivity contribution in [2.24, 2.45) is 0 Å². The Morgan fingerprint density at radius 1 is 1.32 bits per heavy atom. The standard InChI is InChI=1S/C11H13F2N3O3/c1-2-3-6-19-11(18)16-15-10(17)7-4-5-8(12)14-9(7)13/h4-5H,2-3,6H2,1H3,(H,15,17)(H,16,18). The molecule has 0 bridgehead atoms. The molecule has 8 heteroatoms. The fourth-order valence-electron chi connectivity index (χ4n) is 1.10. The number of hydrazine groups is 1. The Hall–Kier alpha value is -2.25. The van der Waals surface area contributed by atoms with E-state index in [4.69, 9.17) is 0 Å². The second-order valence-electron chi connectivity index (χ2n) is 3.54. The Bertz CT molecular complexity index is 468. The number of carbonyl (C=O) groups excluding carboxylic acids is 2. The molecule has 104 valence electrons. The van der Waals surface area contributed by atoms with E-state index in [0.29, 0.717) is 6.42 Å². The molecule has 2 amide bonds. The lowest BCUT2D eigenvalue weighted by atomic mass is 10.2. The zero-order valence-electron chi connectivity index (χ0n) is 10.2. The van der Waals surface area contributed by atoms with Crippen molar-refractivity contribution in [3.8, 4) is 0 Å². The highest BCUT2D eigenvalue weighted by Gasteiger charge is 2.14. The number of ether oxygens (including phenoxy) is 1. The topological polar surface area (TPSA) is 80.3 Å². The number of rotatable bonds is 4. The van der Waals surface area contributed by atoms with Crippen LogP contribution < -0.4 is 10.9 Å². The summed E-state index contributed by atoms with van der Waals surface area (Å²) in [7, 11) is 0. The highest BCUT2D eigenvalue weighted by Crippen LogP contribution is 2.04. The van der Waals surface area contributed by atoms with E-state index in [2.05, 4.69) is 9.72 Å². The molecule has 6 nitrogen and oxygen atoms in total. The number of halogens is 2. The van der Waals surface area contributed by atoms with Gasteiger partial charge in [-0.1, -0.05) is 13.3 Å². The Labute approximate surface area is 108 Å². The Kier molecular flexibility index (Phi) is 5.65. The molecular formula is C11H13F2N3O3. The summed E-state index contributed by atoms with van der Waals surface area (Å²) in [5, 5.41) is 0. The molecule has 1 aromatic rings. The summed E-state index contributed by atoms with van der Waals surface area (Å²) >= 11 is 0. The molecule has 0 aliphatic heterocycles. The number of aromatic nitrogens is 1. The van der Waals surface area contributed by atoms with Crippen molar-refractivity contribution < 1.29 is 23.1 Å². The first-order chi connectivity index (χ1) is 9.04. The van der Waals surface area contributed by atoms with Gasteiger partial charge < -0.3 is 4.74 Å². The van der Waals surface area contributed by atoms with Crippen LogP contribution in [0.15, 0.2) is 12.1 Å². The van der Waals surface area contributed by atoms with Crippen molar-refractivity contribution in [1.29, 1.82) is 0 Å². The third-order valence-corrected chi connectivity index (χ3v) is 2.07. The van der Waals surface area contributed by atoms with E-state index in [1.54, 1.807) is 0 Å². The minimum absolute atomic E-state index is 0.213. The van der Waals surface area contributed by atoms with E-state index in [1.165, 1.54) is 0 Å². The van der Waals surface area contributed by atoms with Gasteiger partial charge in [0, 0.05) is 0 Å². The minimum atomic E-state index is -1.27. The molecule has 19 heavy (non-hydrogen) atoms. The average Bonchev–Trinajstić information content (AvgIpc) is 2.36. The number of hydrogen-bond acceptors (Lipinski definition) is 4. The second-order valence-corrected chi connectivity index (χ2v) is 3.54. The van der Waals surface area contributed by atoms with E-state index < -0.39 is 29.5 Å². The van der Waals surface area contributed by atoms with Crippen LogP contribution >= 0.6 is 0 Å². The van der Waals surface area contributed by atoms with Crippen LogP contribution in [0.1, 0.15) is 30.1 Å². The number of nitrogens with zero attached hydrogens (tertiary/aromatic N) is 1. The monoisotopic (exact) mass is 273 g/mol. The second kappa shape index (κ2) is 7.24. The number of pyridine rings is 1. The maximum atomic E-state index is 13.1. The van der Waals surface area contributed by atoms with Crippen molar-refractivity contribution in [3.05, 3.63) is 29.6 Å². The Morgan fingerprint density at radius 3 is 2.68 bits per heavy atom. The molecule has 0 unspecified atom stereocenters. The van der Waals surface area contributed by atoms with Crippen LogP contribution in [0.2, 0.25) is 0 Å². The van der Waals surface area contributed by atoms with Gasteiger partial charge in [-0.05, 0) is 18.6 Å². The maximum Gasteiger partial charge on any atom is 0.426 e. The number of nitrogens with one attached hydrogen (secondary N) is 2. The largest absolute Gasteiger partial charge is 0.448 e. The lowest BCUT2D eigenvalue weighted by molar-refractivity contribution is 0.0903. The van der Waals surface area contributed by atoms with E-state index in [9.17, 15) is 18.4 Å². The first kappa shape index (κ1) is 14.8. The van der Waals surface area contributed by atoms with Crippen LogP contribution in [0.5, 0.6) is 0 Å². The van der Waals surface area contributed by atoms with Gasteiger partial charge in [0.15, 0.2) is 0 Å². The lowest BCUT2D eigenvalue weighted by Crippen LogP contribution is -2.42. The van der Waals surface area contributed by atoms with Crippen LogP contribution in [-0.2, 0) is 4.74 Å². The number of amides is 2. The lowest BCUT2D eigenvalue weighted by Gasteiger charge is -2.08. The van der Waals surface area contributed by atoms with Crippen molar-refractivity contribution in [2.45, 2.75) is 19.8 Å². The Balaban J connectivity index is 2.45. The molecule has 0 radical (unpaired) electrons. The van der Waals surface area contributed by atoms with Gasteiger partial charge in [-0.25, -0.2) is 10.2 Å². The van der Waals surface area contributed by atoms with Crippen LogP contribution in [0.3, 0.4) is 0 Å². The fourth-order valence-corrected chi connectivity index (χ4v) is 1.10. The predicted octanol–water partition coefficient (Wildman–Crippen LogP) is 1.53.